The van der Waals surface area contributed by atoms with Gasteiger partial charge in [0.05, 0.1) is 12.9 Å². The fraction of sp³-hybridized carbons (Fsp3) is 0.625. The fourth-order valence-corrected chi connectivity index (χ4v) is 3.22. The highest BCUT2D eigenvalue weighted by Gasteiger charge is 2.45. The Morgan fingerprint density at radius 1 is 1.31 bits per heavy atom. The quantitative estimate of drug-likeness (QED) is 0.422. The highest BCUT2D eigenvalue weighted by molar-refractivity contribution is 7.78. The molecule has 26 heavy (non-hydrogen) atoms. The second-order valence-corrected chi connectivity index (χ2v) is 6.51. The number of fused-ring (bicyclic) bond motifs is 1. The second-order valence-electron chi connectivity index (χ2n) is 6.17. The van der Waals surface area contributed by atoms with Crippen LogP contribution in [0.5, 0.6) is 0 Å². The van der Waals surface area contributed by atoms with Gasteiger partial charge in [-0.2, -0.15) is 0 Å². The molecule has 4 atom stereocenters. The molecule has 4 N–H and O–H groups in total. The Hall–Kier alpha value is -1.72. The van der Waals surface area contributed by atoms with Crippen molar-refractivity contribution in [3.63, 3.8) is 0 Å². The summed E-state index contributed by atoms with van der Waals surface area (Å²) in [5, 5.41) is 21.7. The normalized spacial score (nSPS) is 25.8. The van der Waals surface area contributed by atoms with E-state index in [0.717, 1.165) is 25.7 Å². The molecule has 0 spiro atoms. The SMILES string of the molecule is Nc1ncnc2c1ncn2[C@@H]1O[C@H](CO)[C@@H](O)[C@H]1OCCCCCC=S. The monoisotopic (exact) mass is 381 g/mol. The van der Waals surface area contributed by atoms with Crippen LogP contribution in [0.1, 0.15) is 31.9 Å². The molecule has 0 radical (unpaired) electrons. The molecule has 2 aromatic rings. The minimum atomic E-state index is -0.956. The third-order valence-electron chi connectivity index (χ3n) is 4.43. The summed E-state index contributed by atoms with van der Waals surface area (Å²) >= 11 is 4.81. The number of unbranched alkanes of at least 4 members (excludes halogenated alkanes) is 3. The fourth-order valence-electron chi connectivity index (χ4n) is 3.06. The molecule has 10 heteroatoms. The van der Waals surface area contributed by atoms with E-state index in [4.69, 9.17) is 27.4 Å². The van der Waals surface area contributed by atoms with Gasteiger partial charge in [0.1, 0.15) is 30.2 Å². The van der Waals surface area contributed by atoms with Gasteiger partial charge in [-0.25, -0.2) is 15.0 Å². The van der Waals surface area contributed by atoms with Gasteiger partial charge in [-0.1, -0.05) is 18.6 Å². The number of hydrogen-bond donors (Lipinski definition) is 3. The number of nitrogens with zero attached hydrogens (tertiary/aromatic N) is 4. The van der Waals surface area contributed by atoms with Crippen LogP contribution in [-0.2, 0) is 9.47 Å². The Labute approximate surface area is 156 Å². The molecule has 0 bridgehead atoms. The molecule has 142 valence electrons. The Kier molecular flexibility index (Phi) is 6.43. The van der Waals surface area contributed by atoms with Gasteiger partial charge in [0, 0.05) is 6.61 Å². The lowest BCUT2D eigenvalue weighted by atomic mass is 10.1. The Morgan fingerprint density at radius 3 is 2.92 bits per heavy atom. The van der Waals surface area contributed by atoms with Gasteiger partial charge in [-0.3, -0.25) is 4.57 Å². The molecule has 1 aliphatic rings. The third-order valence-corrected chi connectivity index (χ3v) is 4.67. The van der Waals surface area contributed by atoms with Crippen molar-refractivity contribution < 1.29 is 19.7 Å². The summed E-state index contributed by atoms with van der Waals surface area (Å²) in [5.41, 5.74) is 6.77. The zero-order valence-corrected chi connectivity index (χ0v) is 15.1. The first kappa shape index (κ1) is 19.1. The largest absolute Gasteiger partial charge is 0.394 e. The first-order valence-corrected chi connectivity index (χ1v) is 9.07. The first-order valence-electron chi connectivity index (χ1n) is 8.60. The number of hydrogen-bond acceptors (Lipinski definition) is 9. The third kappa shape index (κ3) is 3.84. The van der Waals surface area contributed by atoms with E-state index in [1.165, 1.54) is 12.7 Å². The number of aromatic nitrogens is 4. The summed E-state index contributed by atoms with van der Waals surface area (Å²) in [6.07, 6.45) is 3.63. The molecular formula is C16H23N5O4S. The number of ether oxygens (including phenoxy) is 2. The van der Waals surface area contributed by atoms with Crippen LogP contribution in [0.3, 0.4) is 0 Å². The van der Waals surface area contributed by atoms with Crippen LogP contribution in [0.25, 0.3) is 11.2 Å². The van der Waals surface area contributed by atoms with Gasteiger partial charge in [0.15, 0.2) is 17.7 Å². The summed E-state index contributed by atoms with van der Waals surface area (Å²) in [7, 11) is 0. The smallest absolute Gasteiger partial charge is 0.167 e. The first-order chi connectivity index (χ1) is 12.7. The number of aliphatic hydroxyl groups is 2. The summed E-state index contributed by atoms with van der Waals surface area (Å²) < 4.78 is 13.4. The number of aliphatic hydroxyl groups excluding tert-OH is 2. The van der Waals surface area contributed by atoms with Gasteiger partial charge in [-0.05, 0) is 24.6 Å². The maximum atomic E-state index is 10.5. The lowest BCUT2D eigenvalue weighted by Gasteiger charge is -2.22. The minimum Gasteiger partial charge on any atom is -0.394 e. The van der Waals surface area contributed by atoms with Crippen LogP contribution in [0.15, 0.2) is 12.7 Å². The van der Waals surface area contributed by atoms with E-state index in [1.807, 2.05) is 0 Å². The predicted octanol–water partition coefficient (Wildman–Crippen LogP) is 0.604. The van der Waals surface area contributed by atoms with Gasteiger partial charge in [0.25, 0.3) is 0 Å². The summed E-state index contributed by atoms with van der Waals surface area (Å²) in [5.74, 6) is 0.266. The van der Waals surface area contributed by atoms with Crippen molar-refractivity contribution in [3.05, 3.63) is 12.7 Å². The lowest BCUT2D eigenvalue weighted by molar-refractivity contribution is -0.0711. The van der Waals surface area contributed by atoms with E-state index in [2.05, 4.69) is 15.0 Å². The number of nitrogen functional groups attached to an aromatic ring is 1. The van der Waals surface area contributed by atoms with Crippen molar-refractivity contribution in [1.29, 1.82) is 0 Å². The van der Waals surface area contributed by atoms with Crippen LogP contribution in [0.2, 0.25) is 0 Å². The molecule has 1 fully saturated rings. The molecular weight excluding hydrogens is 358 g/mol. The molecule has 3 rings (SSSR count). The van der Waals surface area contributed by atoms with Gasteiger partial charge in [0.2, 0.25) is 0 Å². The van der Waals surface area contributed by atoms with Crippen LogP contribution in [0, 0.1) is 0 Å². The summed E-state index contributed by atoms with van der Waals surface area (Å²) in [6, 6.07) is 0. The molecule has 3 heterocycles. The molecule has 0 aliphatic carbocycles. The Balaban J connectivity index is 1.74. The van der Waals surface area contributed by atoms with Gasteiger partial charge < -0.3 is 25.4 Å². The molecule has 2 aromatic heterocycles. The topological polar surface area (TPSA) is 129 Å². The molecule has 9 nitrogen and oxygen atoms in total. The zero-order chi connectivity index (χ0) is 18.5. The lowest BCUT2D eigenvalue weighted by Crippen LogP contribution is -2.35. The van der Waals surface area contributed by atoms with Crippen molar-refractivity contribution in [1.82, 2.24) is 19.5 Å². The maximum Gasteiger partial charge on any atom is 0.167 e. The number of rotatable bonds is 9. The van der Waals surface area contributed by atoms with Crippen molar-refractivity contribution in [2.24, 2.45) is 0 Å². The predicted molar refractivity (Wildman–Crippen MR) is 98.6 cm³/mol. The zero-order valence-electron chi connectivity index (χ0n) is 14.3. The highest BCUT2D eigenvalue weighted by Crippen LogP contribution is 2.34. The van der Waals surface area contributed by atoms with E-state index in [-0.39, 0.29) is 12.4 Å². The van der Waals surface area contributed by atoms with Crippen molar-refractivity contribution >= 4 is 34.6 Å². The second kappa shape index (κ2) is 8.78. The number of anilines is 1. The molecule has 0 amide bonds. The molecule has 0 saturated carbocycles. The van der Waals surface area contributed by atoms with E-state index >= 15 is 0 Å². The molecule has 1 aliphatic heterocycles. The summed E-state index contributed by atoms with van der Waals surface area (Å²) in [4.78, 5) is 12.3. The maximum absolute atomic E-state index is 10.5. The Bertz CT molecular complexity index is 742. The van der Waals surface area contributed by atoms with Crippen LogP contribution in [-0.4, -0.2) is 66.6 Å². The van der Waals surface area contributed by atoms with Gasteiger partial charge in [-0.15, -0.1) is 0 Å². The van der Waals surface area contributed by atoms with E-state index in [1.54, 1.807) is 9.93 Å². The molecule has 0 aromatic carbocycles. The van der Waals surface area contributed by atoms with Crippen molar-refractivity contribution in [2.45, 2.75) is 50.2 Å². The minimum absolute atomic E-state index is 0.266. The van der Waals surface area contributed by atoms with E-state index in [0.29, 0.717) is 17.8 Å². The van der Waals surface area contributed by atoms with Crippen molar-refractivity contribution in [3.8, 4) is 0 Å². The van der Waals surface area contributed by atoms with Crippen LogP contribution < -0.4 is 5.73 Å². The van der Waals surface area contributed by atoms with Crippen molar-refractivity contribution in [2.75, 3.05) is 18.9 Å². The average molecular weight is 381 g/mol. The number of thiocarbonyl (C=S) groups is 1. The number of nitrogens with two attached hydrogens (primary N) is 1. The van der Waals surface area contributed by atoms with E-state index < -0.39 is 24.5 Å². The number of imidazole rings is 1. The van der Waals surface area contributed by atoms with Gasteiger partial charge >= 0.3 is 0 Å². The van der Waals surface area contributed by atoms with Crippen LogP contribution in [0.4, 0.5) is 5.82 Å². The summed E-state index contributed by atoms with van der Waals surface area (Å²) in [6.45, 7) is 0.164. The molecule has 1 saturated heterocycles. The standard InChI is InChI=1S/C16H23N5O4S/c17-14-11-15(19-8-18-14)21(9-20-11)16-13(12(23)10(7-22)25-16)24-5-3-1-2-4-6-26/h6,8-10,12-13,16,22-23H,1-5,7H2,(H2,17,18,19)/t10-,12-,13-,16-/m1/s1. The van der Waals surface area contributed by atoms with E-state index in [9.17, 15) is 10.2 Å². The highest BCUT2D eigenvalue weighted by atomic mass is 32.1. The average Bonchev–Trinajstić information content (AvgIpc) is 3.20. The Morgan fingerprint density at radius 2 is 2.15 bits per heavy atom. The van der Waals surface area contributed by atoms with Crippen LogP contribution >= 0.6 is 12.2 Å². The molecule has 0 unspecified atom stereocenters.